The summed E-state index contributed by atoms with van der Waals surface area (Å²) >= 11 is 5.54. The molecule has 0 aliphatic heterocycles. The number of rotatable bonds is 3. The molecule has 1 aromatic heterocycles. The second-order valence-corrected chi connectivity index (χ2v) is 5.31. The molecule has 0 saturated heterocycles. The molecule has 0 unspecified atom stereocenters. The van der Waals surface area contributed by atoms with Crippen LogP contribution in [0.2, 0.25) is 5.02 Å². The van der Waals surface area contributed by atoms with Crippen molar-refractivity contribution in [1.29, 1.82) is 0 Å². The first-order valence-electron chi connectivity index (χ1n) is 5.50. The van der Waals surface area contributed by atoms with E-state index in [4.69, 9.17) is 16.3 Å². The highest BCUT2D eigenvalue weighted by Gasteiger charge is 2.29. The molecule has 112 valence electrons. The highest BCUT2D eigenvalue weighted by Crippen LogP contribution is 2.37. The lowest BCUT2D eigenvalue weighted by Crippen LogP contribution is -2.21. The first-order chi connectivity index (χ1) is 9.81. The Morgan fingerprint density at radius 1 is 1.38 bits per heavy atom. The Bertz CT molecular complexity index is 718. The van der Waals surface area contributed by atoms with Crippen molar-refractivity contribution in [1.82, 2.24) is 9.78 Å². The molecule has 0 atom stereocenters. The van der Waals surface area contributed by atoms with Crippen LogP contribution < -0.4 is 10.3 Å². The highest BCUT2D eigenvalue weighted by atomic mass is 35.5. The molecule has 0 bridgehead atoms. The van der Waals surface area contributed by atoms with Crippen molar-refractivity contribution < 1.29 is 17.9 Å². The lowest BCUT2D eigenvalue weighted by Gasteiger charge is -2.09. The zero-order valence-electron chi connectivity index (χ0n) is 10.5. The van der Waals surface area contributed by atoms with Gasteiger partial charge in [0.15, 0.2) is 10.8 Å². The zero-order valence-corrected chi connectivity index (χ0v) is 12.1. The van der Waals surface area contributed by atoms with Gasteiger partial charge in [0, 0.05) is 4.90 Å². The van der Waals surface area contributed by atoms with Gasteiger partial charge in [-0.1, -0.05) is 17.7 Å². The molecule has 9 heteroatoms. The maximum Gasteiger partial charge on any atom is 0.446 e. The fourth-order valence-corrected chi connectivity index (χ4v) is 2.36. The van der Waals surface area contributed by atoms with Crippen LogP contribution in [-0.2, 0) is 0 Å². The number of aromatic nitrogens is 2. The Labute approximate surface area is 126 Å². The topological polar surface area (TPSA) is 44.1 Å². The molecule has 0 saturated carbocycles. The summed E-state index contributed by atoms with van der Waals surface area (Å²) in [6.45, 7) is 0. The number of halogens is 4. The lowest BCUT2D eigenvalue weighted by atomic mass is 10.3. The second kappa shape index (κ2) is 5.98. The smallest absolute Gasteiger partial charge is 0.446 e. The van der Waals surface area contributed by atoms with Gasteiger partial charge >= 0.3 is 5.51 Å². The van der Waals surface area contributed by atoms with Crippen LogP contribution >= 0.6 is 23.4 Å². The van der Waals surface area contributed by atoms with Gasteiger partial charge in [-0.05, 0) is 30.0 Å². The van der Waals surface area contributed by atoms with Gasteiger partial charge in [0.25, 0.3) is 5.56 Å². The maximum absolute atomic E-state index is 12.4. The van der Waals surface area contributed by atoms with E-state index in [-0.39, 0.29) is 33.1 Å². The molecule has 0 aliphatic rings. The van der Waals surface area contributed by atoms with Crippen LogP contribution in [0.15, 0.2) is 40.2 Å². The SMILES string of the molecule is COc1cnn(-c2cccc(SC(F)(F)F)c2)c(=O)c1Cl. The van der Waals surface area contributed by atoms with Crippen LogP contribution in [0, 0.1) is 0 Å². The number of methoxy groups -OCH3 is 1. The predicted molar refractivity (Wildman–Crippen MR) is 73.3 cm³/mol. The van der Waals surface area contributed by atoms with Gasteiger partial charge in [-0.15, -0.1) is 0 Å². The van der Waals surface area contributed by atoms with Gasteiger partial charge < -0.3 is 4.74 Å². The van der Waals surface area contributed by atoms with Crippen molar-refractivity contribution in [2.45, 2.75) is 10.4 Å². The Hall–Kier alpha value is -1.67. The summed E-state index contributed by atoms with van der Waals surface area (Å²) in [5.74, 6) is 0.0961. The van der Waals surface area contributed by atoms with Crippen LogP contribution in [0.1, 0.15) is 0 Å². The Morgan fingerprint density at radius 2 is 2.10 bits per heavy atom. The largest absolute Gasteiger partial charge is 0.493 e. The highest BCUT2D eigenvalue weighted by molar-refractivity contribution is 8.00. The van der Waals surface area contributed by atoms with Crippen LogP contribution in [0.25, 0.3) is 5.69 Å². The zero-order chi connectivity index (χ0) is 15.6. The summed E-state index contributed by atoms with van der Waals surface area (Å²) in [7, 11) is 1.33. The summed E-state index contributed by atoms with van der Waals surface area (Å²) < 4.78 is 42.8. The minimum absolute atomic E-state index is 0.0550. The van der Waals surface area contributed by atoms with E-state index in [1.807, 2.05) is 0 Å². The van der Waals surface area contributed by atoms with Gasteiger partial charge in [0.2, 0.25) is 0 Å². The van der Waals surface area contributed by atoms with Crippen molar-refractivity contribution in [3.05, 3.63) is 45.8 Å². The summed E-state index contributed by atoms with van der Waals surface area (Å²) in [6, 6.07) is 5.35. The fraction of sp³-hybridized carbons (Fsp3) is 0.167. The molecular weight excluding hydrogens is 329 g/mol. The van der Waals surface area contributed by atoms with E-state index in [0.29, 0.717) is 0 Å². The molecule has 0 N–H and O–H groups in total. The maximum atomic E-state index is 12.4. The Balaban J connectivity index is 2.46. The third kappa shape index (κ3) is 3.70. The monoisotopic (exact) mass is 336 g/mol. The van der Waals surface area contributed by atoms with Crippen molar-refractivity contribution in [2.75, 3.05) is 7.11 Å². The Morgan fingerprint density at radius 3 is 2.71 bits per heavy atom. The lowest BCUT2D eigenvalue weighted by molar-refractivity contribution is -0.0328. The molecule has 0 aliphatic carbocycles. The molecule has 0 radical (unpaired) electrons. The van der Waals surface area contributed by atoms with Crippen LogP contribution in [0.4, 0.5) is 13.2 Å². The molecule has 0 amide bonds. The van der Waals surface area contributed by atoms with Crippen molar-refractivity contribution >= 4 is 23.4 Å². The fourth-order valence-electron chi connectivity index (χ4n) is 1.56. The molecule has 21 heavy (non-hydrogen) atoms. The minimum Gasteiger partial charge on any atom is -0.493 e. The molecule has 2 aromatic rings. The Kier molecular flexibility index (Phi) is 4.48. The van der Waals surface area contributed by atoms with Crippen LogP contribution in [-0.4, -0.2) is 22.4 Å². The number of thioether (sulfide) groups is 1. The van der Waals surface area contributed by atoms with E-state index in [1.54, 1.807) is 0 Å². The van der Waals surface area contributed by atoms with E-state index in [0.717, 1.165) is 4.68 Å². The molecule has 4 nitrogen and oxygen atoms in total. The third-order valence-electron chi connectivity index (χ3n) is 2.40. The van der Waals surface area contributed by atoms with Gasteiger partial charge in [0.05, 0.1) is 19.0 Å². The molecule has 0 spiro atoms. The van der Waals surface area contributed by atoms with Gasteiger partial charge in [0.1, 0.15) is 0 Å². The van der Waals surface area contributed by atoms with E-state index in [9.17, 15) is 18.0 Å². The summed E-state index contributed by atoms with van der Waals surface area (Å²) in [6.07, 6.45) is 1.22. The number of alkyl halides is 3. The number of nitrogens with zero attached hydrogens (tertiary/aromatic N) is 2. The number of hydrogen-bond donors (Lipinski definition) is 0. The molecule has 1 heterocycles. The van der Waals surface area contributed by atoms with Gasteiger partial charge in [-0.25, -0.2) is 0 Å². The average Bonchev–Trinajstić information content (AvgIpc) is 2.40. The average molecular weight is 337 g/mol. The molecular formula is C12H8ClF3N2O2S. The molecule has 2 rings (SSSR count). The van der Waals surface area contributed by atoms with E-state index >= 15 is 0 Å². The molecule has 1 aromatic carbocycles. The third-order valence-corrected chi connectivity index (χ3v) is 3.47. The standard InChI is InChI=1S/C12H8ClF3N2O2S/c1-20-9-6-17-18(11(19)10(9)13)7-3-2-4-8(5-7)21-12(14,15)16/h2-6H,1H3. The predicted octanol–water partition coefficient (Wildman–Crippen LogP) is 3.51. The first kappa shape index (κ1) is 15.7. The normalized spacial score (nSPS) is 11.5. The van der Waals surface area contributed by atoms with E-state index in [2.05, 4.69) is 5.10 Å². The summed E-state index contributed by atoms with van der Waals surface area (Å²) in [5, 5.41) is 3.63. The van der Waals surface area contributed by atoms with Crippen LogP contribution in [0.3, 0.4) is 0 Å². The summed E-state index contributed by atoms with van der Waals surface area (Å²) in [4.78, 5) is 11.9. The van der Waals surface area contributed by atoms with Gasteiger partial charge in [-0.2, -0.15) is 23.0 Å². The van der Waals surface area contributed by atoms with Crippen LogP contribution in [0.5, 0.6) is 5.75 Å². The number of benzene rings is 1. The van der Waals surface area contributed by atoms with Crippen molar-refractivity contribution in [3.8, 4) is 11.4 Å². The summed E-state index contributed by atoms with van der Waals surface area (Å²) in [5.41, 5.74) is -4.90. The van der Waals surface area contributed by atoms with Crippen molar-refractivity contribution in [3.63, 3.8) is 0 Å². The van der Waals surface area contributed by atoms with E-state index in [1.165, 1.54) is 37.6 Å². The van der Waals surface area contributed by atoms with Crippen molar-refractivity contribution in [2.24, 2.45) is 0 Å². The second-order valence-electron chi connectivity index (χ2n) is 3.79. The number of ether oxygens (including phenoxy) is 1. The van der Waals surface area contributed by atoms with E-state index < -0.39 is 11.1 Å². The number of hydrogen-bond acceptors (Lipinski definition) is 4. The van der Waals surface area contributed by atoms with Gasteiger partial charge in [-0.3, -0.25) is 4.79 Å². The quantitative estimate of drug-likeness (QED) is 0.805. The molecule has 0 fully saturated rings. The first-order valence-corrected chi connectivity index (χ1v) is 6.69. The minimum atomic E-state index is -4.41.